The fourth-order valence-electron chi connectivity index (χ4n) is 2.16. The largest absolute Gasteiger partial charge is 0.248 e. The van der Waals surface area contributed by atoms with E-state index in [1.807, 2.05) is 0 Å². The molecule has 0 bridgehead atoms. The van der Waals surface area contributed by atoms with Crippen molar-refractivity contribution < 1.29 is 8.42 Å². The average molecular weight is 249 g/mol. The van der Waals surface area contributed by atoms with E-state index in [0.29, 0.717) is 23.6 Å². The maximum Gasteiger partial charge on any atom is 0.187 e. The Morgan fingerprint density at radius 1 is 1.24 bits per heavy atom. The van der Waals surface area contributed by atoms with Crippen LogP contribution < -0.4 is 0 Å². The summed E-state index contributed by atoms with van der Waals surface area (Å²) in [6.07, 6.45) is 2.11. The lowest BCUT2D eigenvalue weighted by Gasteiger charge is -2.10. The Bertz CT molecular complexity index is 634. The zero-order valence-corrected chi connectivity index (χ0v) is 9.84. The minimum atomic E-state index is -3.32. The number of benzene rings is 1. The van der Waals surface area contributed by atoms with Crippen LogP contribution in [-0.4, -0.2) is 23.4 Å². The second kappa shape index (κ2) is 3.66. The first kappa shape index (κ1) is 10.5. The Morgan fingerprint density at radius 3 is 2.76 bits per heavy atom. The molecule has 1 unspecified atom stereocenters. The summed E-state index contributed by atoms with van der Waals surface area (Å²) in [6.45, 7) is 0.617. The second-order valence-electron chi connectivity index (χ2n) is 4.02. The van der Waals surface area contributed by atoms with Crippen molar-refractivity contribution in [3.8, 4) is 0 Å². The van der Waals surface area contributed by atoms with Crippen LogP contribution in [0.1, 0.15) is 17.4 Å². The van der Waals surface area contributed by atoms with E-state index >= 15 is 0 Å². The molecule has 0 N–H and O–H groups in total. The summed E-state index contributed by atoms with van der Waals surface area (Å²) in [7, 11) is -3.32. The molecule has 1 aromatic heterocycles. The zero-order chi connectivity index (χ0) is 11.9. The quantitative estimate of drug-likeness (QED) is 0.802. The van der Waals surface area contributed by atoms with Gasteiger partial charge in [0.15, 0.2) is 9.84 Å². The molecular weight excluding hydrogens is 238 g/mol. The topological polar surface area (TPSA) is 64.8 Å². The highest BCUT2D eigenvalue weighted by Gasteiger charge is 2.35. The molecule has 88 valence electrons. The number of aromatic nitrogens is 3. The maximum absolute atomic E-state index is 12.4. The van der Waals surface area contributed by atoms with Crippen molar-refractivity contribution in [2.75, 3.05) is 0 Å². The van der Waals surface area contributed by atoms with Crippen molar-refractivity contribution in [3.05, 3.63) is 42.2 Å². The van der Waals surface area contributed by atoms with Gasteiger partial charge in [-0.05, 0) is 18.6 Å². The highest BCUT2D eigenvalue weighted by molar-refractivity contribution is 7.91. The Morgan fingerprint density at radius 2 is 2.00 bits per heavy atom. The average Bonchev–Trinajstić information content (AvgIpc) is 2.91. The smallest absolute Gasteiger partial charge is 0.187 e. The summed E-state index contributed by atoms with van der Waals surface area (Å²) in [5, 5.41) is 7.09. The van der Waals surface area contributed by atoms with Crippen molar-refractivity contribution >= 4 is 9.84 Å². The molecule has 0 aliphatic carbocycles. The molecule has 1 aromatic carbocycles. The fraction of sp³-hybridized carbons (Fsp3) is 0.273. The molecule has 6 heteroatoms. The Labute approximate surface area is 99.0 Å². The summed E-state index contributed by atoms with van der Waals surface area (Å²) in [6, 6.07) is 8.53. The number of aryl methyl sites for hydroxylation is 1. The lowest BCUT2D eigenvalue weighted by atomic mass is 10.3. The minimum absolute atomic E-state index is 0.361. The molecule has 17 heavy (non-hydrogen) atoms. The van der Waals surface area contributed by atoms with Gasteiger partial charge >= 0.3 is 0 Å². The van der Waals surface area contributed by atoms with Gasteiger partial charge in [-0.3, -0.25) is 0 Å². The lowest BCUT2D eigenvalue weighted by Crippen LogP contribution is -2.11. The van der Waals surface area contributed by atoms with E-state index in [-0.39, 0.29) is 0 Å². The van der Waals surface area contributed by atoms with E-state index in [0.717, 1.165) is 0 Å². The van der Waals surface area contributed by atoms with Gasteiger partial charge in [0.1, 0.15) is 5.25 Å². The van der Waals surface area contributed by atoms with E-state index in [9.17, 15) is 8.42 Å². The first-order chi connectivity index (χ1) is 8.19. The molecule has 1 aliphatic rings. The number of nitrogens with zero attached hydrogens (tertiary/aromatic N) is 3. The van der Waals surface area contributed by atoms with Crippen LogP contribution in [0, 0.1) is 0 Å². The summed E-state index contributed by atoms with van der Waals surface area (Å²) < 4.78 is 26.5. The summed E-state index contributed by atoms with van der Waals surface area (Å²) in [4.78, 5) is 0.361. The SMILES string of the molecule is O=S(=O)(c1ccccc1)C1CCn2nncc21. The van der Waals surface area contributed by atoms with Gasteiger partial charge in [0.05, 0.1) is 16.8 Å². The molecule has 1 aliphatic heterocycles. The molecule has 0 radical (unpaired) electrons. The Hall–Kier alpha value is -1.69. The molecule has 2 heterocycles. The van der Waals surface area contributed by atoms with Crippen molar-refractivity contribution in [3.63, 3.8) is 0 Å². The van der Waals surface area contributed by atoms with Gasteiger partial charge in [-0.15, -0.1) is 5.10 Å². The monoisotopic (exact) mass is 249 g/mol. The van der Waals surface area contributed by atoms with Gasteiger partial charge in [-0.25, -0.2) is 13.1 Å². The van der Waals surface area contributed by atoms with Crippen LogP contribution in [0.5, 0.6) is 0 Å². The third kappa shape index (κ3) is 1.56. The fourth-order valence-corrected chi connectivity index (χ4v) is 3.95. The van der Waals surface area contributed by atoms with Gasteiger partial charge in [0.25, 0.3) is 0 Å². The molecule has 0 saturated carbocycles. The molecule has 3 rings (SSSR count). The predicted molar refractivity (Wildman–Crippen MR) is 61.0 cm³/mol. The highest BCUT2D eigenvalue weighted by Crippen LogP contribution is 2.35. The van der Waals surface area contributed by atoms with Crippen molar-refractivity contribution in [2.24, 2.45) is 0 Å². The van der Waals surface area contributed by atoms with Crippen molar-refractivity contribution in [1.82, 2.24) is 15.0 Å². The highest BCUT2D eigenvalue weighted by atomic mass is 32.2. The van der Waals surface area contributed by atoms with Crippen LogP contribution in [0.4, 0.5) is 0 Å². The molecule has 0 fully saturated rings. The summed E-state index contributed by atoms with van der Waals surface area (Å²) >= 11 is 0. The molecule has 1 atom stereocenters. The number of fused-ring (bicyclic) bond motifs is 1. The third-order valence-corrected chi connectivity index (χ3v) is 5.18. The number of rotatable bonds is 2. The minimum Gasteiger partial charge on any atom is -0.248 e. The third-order valence-electron chi connectivity index (χ3n) is 3.03. The lowest BCUT2D eigenvalue weighted by molar-refractivity contribution is 0.577. The number of hydrogen-bond acceptors (Lipinski definition) is 4. The van der Waals surface area contributed by atoms with Crippen molar-refractivity contribution in [2.45, 2.75) is 23.1 Å². The molecule has 2 aromatic rings. The van der Waals surface area contributed by atoms with Gasteiger partial charge < -0.3 is 0 Å². The van der Waals surface area contributed by atoms with Crippen LogP contribution in [0.2, 0.25) is 0 Å². The van der Waals surface area contributed by atoms with Gasteiger partial charge in [-0.1, -0.05) is 23.4 Å². The van der Waals surface area contributed by atoms with Crippen molar-refractivity contribution in [1.29, 1.82) is 0 Å². The Balaban J connectivity index is 2.07. The zero-order valence-electron chi connectivity index (χ0n) is 9.02. The van der Waals surface area contributed by atoms with E-state index in [2.05, 4.69) is 10.3 Å². The van der Waals surface area contributed by atoms with Crippen LogP contribution in [-0.2, 0) is 16.4 Å². The van der Waals surface area contributed by atoms with E-state index in [1.165, 1.54) is 6.20 Å². The summed E-state index contributed by atoms with van der Waals surface area (Å²) in [5.41, 5.74) is 0.689. The van der Waals surface area contributed by atoms with Crippen LogP contribution >= 0.6 is 0 Å². The van der Waals surface area contributed by atoms with Gasteiger partial charge in [-0.2, -0.15) is 0 Å². The second-order valence-corrected chi connectivity index (χ2v) is 6.15. The Kier molecular flexibility index (Phi) is 2.25. The standard InChI is InChI=1S/C11H11N3O2S/c15-17(16,9-4-2-1-3-5-9)11-6-7-14-10(11)8-12-13-14/h1-5,8,11H,6-7H2. The van der Waals surface area contributed by atoms with Crippen LogP contribution in [0.25, 0.3) is 0 Å². The maximum atomic E-state index is 12.4. The summed E-state index contributed by atoms with van der Waals surface area (Å²) in [5.74, 6) is 0. The molecule has 0 amide bonds. The normalized spacial score (nSPS) is 19.2. The van der Waals surface area contributed by atoms with Gasteiger partial charge in [0.2, 0.25) is 0 Å². The number of sulfone groups is 1. The molecular formula is C11H11N3O2S. The van der Waals surface area contributed by atoms with E-state index in [1.54, 1.807) is 35.0 Å². The van der Waals surface area contributed by atoms with E-state index in [4.69, 9.17) is 0 Å². The molecule has 5 nitrogen and oxygen atoms in total. The first-order valence-electron chi connectivity index (χ1n) is 5.37. The molecule has 0 saturated heterocycles. The van der Waals surface area contributed by atoms with Crippen LogP contribution in [0.15, 0.2) is 41.4 Å². The van der Waals surface area contributed by atoms with Crippen LogP contribution in [0.3, 0.4) is 0 Å². The predicted octanol–water partition coefficient (Wildman–Crippen LogP) is 1.20. The number of hydrogen-bond donors (Lipinski definition) is 0. The first-order valence-corrected chi connectivity index (χ1v) is 6.91. The van der Waals surface area contributed by atoms with Gasteiger partial charge in [0, 0.05) is 6.54 Å². The molecule has 0 spiro atoms. The van der Waals surface area contributed by atoms with E-state index < -0.39 is 15.1 Å².